The van der Waals surface area contributed by atoms with Gasteiger partial charge in [-0.1, -0.05) is 36.4 Å². The van der Waals surface area contributed by atoms with Gasteiger partial charge in [-0.15, -0.1) is 0 Å². The van der Waals surface area contributed by atoms with Crippen LogP contribution in [0.3, 0.4) is 0 Å². The Bertz CT molecular complexity index is 994. The first-order valence-corrected chi connectivity index (χ1v) is 11.4. The van der Waals surface area contributed by atoms with Crippen LogP contribution in [0.5, 0.6) is 0 Å². The zero-order valence-corrected chi connectivity index (χ0v) is 18.6. The number of esters is 1. The highest BCUT2D eigenvalue weighted by atomic mass is 16.5. The molecule has 0 saturated carbocycles. The lowest BCUT2D eigenvalue weighted by Crippen LogP contribution is -2.29. The quantitative estimate of drug-likeness (QED) is 0.425. The monoisotopic (exact) mass is 433 g/mol. The Morgan fingerprint density at radius 2 is 1.81 bits per heavy atom. The van der Waals surface area contributed by atoms with Crippen molar-refractivity contribution in [1.82, 2.24) is 5.01 Å². The number of ether oxygens (including phenoxy) is 1. The van der Waals surface area contributed by atoms with Crippen LogP contribution in [0.4, 0.5) is 0 Å². The van der Waals surface area contributed by atoms with Crippen molar-refractivity contribution < 1.29 is 14.3 Å². The van der Waals surface area contributed by atoms with Gasteiger partial charge >= 0.3 is 5.97 Å². The summed E-state index contributed by atoms with van der Waals surface area (Å²) in [5, 5.41) is 6.66. The molecule has 6 heteroatoms. The molecule has 2 aromatic carbocycles. The normalized spacial score (nSPS) is 20.8. The number of hydrogen-bond donors (Lipinski definition) is 1. The molecule has 2 N–H and O–H groups in total. The van der Waals surface area contributed by atoms with Gasteiger partial charge in [0.05, 0.1) is 19.7 Å². The van der Waals surface area contributed by atoms with E-state index < -0.39 is 0 Å². The zero-order valence-electron chi connectivity index (χ0n) is 18.6. The van der Waals surface area contributed by atoms with Crippen LogP contribution < -0.4 is 5.73 Å². The van der Waals surface area contributed by atoms with E-state index in [1.54, 1.807) is 0 Å². The minimum Gasteiger partial charge on any atom is -0.469 e. The molecule has 4 rings (SSSR count). The van der Waals surface area contributed by atoms with Crippen molar-refractivity contribution in [2.45, 2.75) is 44.6 Å². The van der Waals surface area contributed by atoms with E-state index in [9.17, 15) is 9.59 Å². The first kappa shape index (κ1) is 22.2. The van der Waals surface area contributed by atoms with Crippen molar-refractivity contribution in [3.05, 3.63) is 70.3 Å². The molecule has 168 valence electrons. The Balaban J connectivity index is 1.46. The maximum Gasteiger partial charge on any atom is 0.305 e. The molecular formula is C26H31N3O3. The zero-order chi connectivity index (χ0) is 22.5. The highest BCUT2D eigenvalue weighted by Gasteiger charge is 2.29. The topological polar surface area (TPSA) is 85.0 Å². The molecule has 2 unspecified atom stereocenters. The van der Waals surface area contributed by atoms with Gasteiger partial charge in [-0.05, 0) is 60.8 Å². The summed E-state index contributed by atoms with van der Waals surface area (Å²) in [4.78, 5) is 24.8. The molecule has 0 radical (unpaired) electrons. The molecule has 2 atom stereocenters. The summed E-state index contributed by atoms with van der Waals surface area (Å²) in [6.45, 7) is 2.02. The Morgan fingerprint density at radius 3 is 2.53 bits per heavy atom. The maximum absolute atomic E-state index is 13.1. The number of aryl methyl sites for hydroxylation is 1. The summed E-state index contributed by atoms with van der Waals surface area (Å²) in [6.07, 6.45) is 7.52. The van der Waals surface area contributed by atoms with Crippen LogP contribution in [0.15, 0.2) is 47.6 Å². The first-order valence-electron chi connectivity index (χ1n) is 11.4. The van der Waals surface area contributed by atoms with E-state index in [0.29, 0.717) is 17.5 Å². The number of hydrogen-bond acceptors (Lipinski definition) is 6. The van der Waals surface area contributed by atoms with Gasteiger partial charge in [-0.25, -0.2) is 0 Å². The largest absolute Gasteiger partial charge is 0.469 e. The summed E-state index contributed by atoms with van der Waals surface area (Å²) in [5.74, 6) is -0.251. The van der Waals surface area contributed by atoms with Crippen LogP contribution in [0.1, 0.15) is 70.8 Å². The molecule has 32 heavy (non-hydrogen) atoms. The van der Waals surface area contributed by atoms with E-state index in [1.807, 2.05) is 48.7 Å². The summed E-state index contributed by atoms with van der Waals surface area (Å²) in [6, 6.07) is 13.0. The molecule has 2 aromatic rings. The van der Waals surface area contributed by atoms with Crippen LogP contribution in [-0.4, -0.2) is 43.2 Å². The Kier molecular flexibility index (Phi) is 7.00. The first-order chi connectivity index (χ1) is 15.5. The molecule has 0 aromatic heterocycles. The molecular weight excluding hydrogens is 402 g/mol. The maximum atomic E-state index is 13.1. The van der Waals surface area contributed by atoms with Gasteiger partial charge in [0.2, 0.25) is 0 Å². The molecule has 1 saturated heterocycles. The van der Waals surface area contributed by atoms with E-state index in [-0.39, 0.29) is 23.7 Å². The van der Waals surface area contributed by atoms with Crippen molar-refractivity contribution in [3.8, 4) is 0 Å². The number of rotatable bonds is 6. The number of carbonyl (C=O) groups excluding carboxylic acids is 2. The SMILES string of the molecule is COC(=O)CC1CCc2ccc(C(=O)c3ccc(C=NN4CCCCC4)cc3)cc2C1N. The number of carbonyl (C=O) groups is 2. The Labute approximate surface area is 189 Å². The minimum absolute atomic E-state index is 0.0266. The third-order valence-corrected chi connectivity index (χ3v) is 6.59. The second-order valence-electron chi connectivity index (χ2n) is 8.73. The minimum atomic E-state index is -0.279. The number of ketones is 1. The van der Waals surface area contributed by atoms with Crippen LogP contribution in [-0.2, 0) is 16.0 Å². The fourth-order valence-corrected chi connectivity index (χ4v) is 4.60. The molecule has 6 nitrogen and oxygen atoms in total. The predicted molar refractivity (Wildman–Crippen MR) is 125 cm³/mol. The number of fused-ring (bicyclic) bond motifs is 1. The lowest BCUT2D eigenvalue weighted by atomic mass is 9.77. The van der Waals surface area contributed by atoms with E-state index in [4.69, 9.17) is 10.5 Å². The average molecular weight is 434 g/mol. The van der Waals surface area contributed by atoms with Crippen LogP contribution in [0.25, 0.3) is 0 Å². The number of piperidine rings is 1. The Morgan fingerprint density at radius 1 is 1.09 bits per heavy atom. The van der Waals surface area contributed by atoms with Crippen LogP contribution in [0, 0.1) is 5.92 Å². The lowest BCUT2D eigenvalue weighted by Gasteiger charge is -2.30. The van der Waals surface area contributed by atoms with Crippen molar-refractivity contribution in [3.63, 3.8) is 0 Å². The molecule has 0 bridgehead atoms. The van der Waals surface area contributed by atoms with Gasteiger partial charge in [0, 0.05) is 30.3 Å². The van der Waals surface area contributed by atoms with Gasteiger partial charge < -0.3 is 10.5 Å². The molecule has 0 spiro atoms. The third-order valence-electron chi connectivity index (χ3n) is 6.59. The lowest BCUT2D eigenvalue weighted by molar-refractivity contribution is -0.142. The summed E-state index contributed by atoms with van der Waals surface area (Å²) in [7, 11) is 1.40. The van der Waals surface area contributed by atoms with Crippen molar-refractivity contribution >= 4 is 18.0 Å². The molecule has 1 heterocycles. The van der Waals surface area contributed by atoms with Gasteiger partial charge in [0.25, 0.3) is 0 Å². The Hall–Kier alpha value is -2.99. The smallest absolute Gasteiger partial charge is 0.305 e. The van der Waals surface area contributed by atoms with Crippen LogP contribution in [0.2, 0.25) is 0 Å². The van der Waals surface area contributed by atoms with Crippen molar-refractivity contribution in [2.24, 2.45) is 16.8 Å². The fraction of sp³-hybridized carbons (Fsp3) is 0.423. The number of nitrogens with zero attached hydrogens (tertiary/aromatic N) is 2. The molecule has 0 amide bonds. The summed E-state index contributed by atoms with van der Waals surface area (Å²) >= 11 is 0. The summed E-state index contributed by atoms with van der Waals surface area (Å²) < 4.78 is 4.81. The van der Waals surface area contributed by atoms with Gasteiger partial charge in [0.15, 0.2) is 5.78 Å². The van der Waals surface area contributed by atoms with E-state index >= 15 is 0 Å². The number of hydrazone groups is 1. The van der Waals surface area contributed by atoms with Crippen molar-refractivity contribution in [2.75, 3.05) is 20.2 Å². The molecule has 2 aliphatic rings. The third kappa shape index (κ3) is 5.07. The molecule has 1 aliphatic heterocycles. The number of methoxy groups -OCH3 is 1. The van der Waals surface area contributed by atoms with Gasteiger partial charge in [-0.2, -0.15) is 5.10 Å². The van der Waals surface area contributed by atoms with E-state index in [0.717, 1.165) is 42.6 Å². The van der Waals surface area contributed by atoms with Gasteiger partial charge in [0.1, 0.15) is 0 Å². The second kappa shape index (κ2) is 10.1. The number of nitrogens with two attached hydrogens (primary N) is 1. The summed E-state index contributed by atoms with van der Waals surface area (Å²) in [5.41, 5.74) is 10.8. The number of benzene rings is 2. The van der Waals surface area contributed by atoms with E-state index in [2.05, 4.69) is 10.1 Å². The fourth-order valence-electron chi connectivity index (χ4n) is 4.60. The van der Waals surface area contributed by atoms with Crippen molar-refractivity contribution in [1.29, 1.82) is 0 Å². The molecule has 1 aliphatic carbocycles. The predicted octanol–water partition coefficient (Wildman–Crippen LogP) is 3.86. The van der Waals surface area contributed by atoms with Gasteiger partial charge in [-0.3, -0.25) is 14.6 Å². The standard InChI is InChI=1S/C26H31N3O3/c1-32-24(30)16-21-11-9-19-10-12-22(15-23(19)25(21)27)26(31)20-7-5-18(6-8-20)17-28-29-13-3-2-4-14-29/h5-8,10,12,15,17,21,25H,2-4,9,11,13-14,16,27H2,1H3. The van der Waals surface area contributed by atoms with E-state index in [1.165, 1.54) is 26.4 Å². The highest BCUT2D eigenvalue weighted by Crippen LogP contribution is 2.35. The second-order valence-corrected chi connectivity index (χ2v) is 8.73. The molecule has 1 fully saturated rings. The van der Waals surface area contributed by atoms with Crippen LogP contribution >= 0.6 is 0 Å². The average Bonchev–Trinajstić information content (AvgIpc) is 2.84. The highest BCUT2D eigenvalue weighted by molar-refractivity contribution is 6.09.